The van der Waals surface area contributed by atoms with E-state index in [1.165, 1.54) is 0 Å². The Labute approximate surface area is 99.4 Å². The maximum Gasteiger partial charge on any atom is 0.308 e. The van der Waals surface area contributed by atoms with E-state index in [9.17, 15) is 9.59 Å². The summed E-state index contributed by atoms with van der Waals surface area (Å²) in [6.45, 7) is 0. The number of benzene rings is 1. The van der Waals surface area contributed by atoms with Crippen LogP contribution in [-0.2, 0) is 4.79 Å². The minimum atomic E-state index is -0.902. The van der Waals surface area contributed by atoms with E-state index in [0.717, 1.165) is 0 Å². The second-order valence-corrected chi connectivity index (χ2v) is 4.51. The molecule has 0 aromatic heterocycles. The Morgan fingerprint density at radius 3 is 2.35 bits per heavy atom. The van der Waals surface area contributed by atoms with Gasteiger partial charge in [0.2, 0.25) is 0 Å². The van der Waals surface area contributed by atoms with Crippen molar-refractivity contribution in [3.63, 3.8) is 0 Å². The topological polar surface area (TPSA) is 80.4 Å². The van der Waals surface area contributed by atoms with Crippen molar-refractivity contribution in [3.8, 4) is 0 Å². The number of rotatable bonds is 3. The number of carboxylic acid groups (broad SMARTS) is 1. The summed E-state index contributed by atoms with van der Waals surface area (Å²) >= 11 is 0. The second-order valence-electron chi connectivity index (χ2n) is 4.51. The standard InChI is InChI=1S/C13H15NO3/c14-11-7-9(6-10(11)13(16)17)12(15)8-4-2-1-3-5-8/h1-5,9-11H,6-7,14H2,(H,16,17). The third kappa shape index (κ3) is 2.36. The maximum absolute atomic E-state index is 12.1. The molecule has 1 aromatic carbocycles. The van der Waals surface area contributed by atoms with Crippen LogP contribution in [0, 0.1) is 11.8 Å². The summed E-state index contributed by atoms with van der Waals surface area (Å²) in [7, 11) is 0. The summed E-state index contributed by atoms with van der Waals surface area (Å²) < 4.78 is 0. The van der Waals surface area contributed by atoms with Crippen molar-refractivity contribution in [1.82, 2.24) is 0 Å². The zero-order valence-electron chi connectivity index (χ0n) is 9.37. The van der Waals surface area contributed by atoms with Crippen LogP contribution in [0.5, 0.6) is 0 Å². The third-order valence-electron chi connectivity index (χ3n) is 3.36. The lowest BCUT2D eigenvalue weighted by Gasteiger charge is -2.07. The number of carbonyl (C=O) groups excluding carboxylic acids is 1. The van der Waals surface area contributed by atoms with E-state index in [4.69, 9.17) is 10.8 Å². The highest BCUT2D eigenvalue weighted by Gasteiger charge is 2.39. The Hall–Kier alpha value is -1.68. The quantitative estimate of drug-likeness (QED) is 0.771. The molecule has 3 unspecified atom stereocenters. The molecule has 4 nitrogen and oxygen atoms in total. The SMILES string of the molecule is NC1CC(C(=O)c2ccccc2)CC1C(=O)O. The highest BCUT2D eigenvalue weighted by molar-refractivity contribution is 5.98. The van der Waals surface area contributed by atoms with Crippen LogP contribution >= 0.6 is 0 Å². The van der Waals surface area contributed by atoms with Gasteiger partial charge in [-0.1, -0.05) is 30.3 Å². The summed E-state index contributed by atoms with van der Waals surface area (Å²) in [5.74, 6) is -1.74. The van der Waals surface area contributed by atoms with Gasteiger partial charge in [-0.3, -0.25) is 9.59 Å². The summed E-state index contributed by atoms with van der Waals surface area (Å²) in [5.41, 5.74) is 6.39. The summed E-state index contributed by atoms with van der Waals surface area (Å²) in [5, 5.41) is 8.96. The molecule has 2 rings (SSSR count). The largest absolute Gasteiger partial charge is 0.481 e. The van der Waals surface area contributed by atoms with Crippen LogP contribution in [0.15, 0.2) is 30.3 Å². The molecule has 1 aliphatic carbocycles. The molecule has 0 saturated heterocycles. The summed E-state index contributed by atoms with van der Waals surface area (Å²) in [4.78, 5) is 23.0. The second kappa shape index (κ2) is 4.67. The molecular formula is C13H15NO3. The van der Waals surface area contributed by atoms with Gasteiger partial charge in [0.05, 0.1) is 5.92 Å². The van der Waals surface area contributed by atoms with Crippen molar-refractivity contribution in [2.45, 2.75) is 18.9 Å². The third-order valence-corrected chi connectivity index (χ3v) is 3.36. The predicted molar refractivity (Wildman–Crippen MR) is 62.6 cm³/mol. The molecule has 90 valence electrons. The number of hydrogen-bond acceptors (Lipinski definition) is 3. The number of nitrogens with two attached hydrogens (primary N) is 1. The van der Waals surface area contributed by atoms with Gasteiger partial charge in [-0.15, -0.1) is 0 Å². The van der Waals surface area contributed by atoms with E-state index < -0.39 is 17.9 Å². The van der Waals surface area contributed by atoms with Gasteiger partial charge in [0.15, 0.2) is 5.78 Å². The van der Waals surface area contributed by atoms with Gasteiger partial charge in [0.1, 0.15) is 0 Å². The Bertz CT molecular complexity index is 430. The Kier molecular flexibility index (Phi) is 3.24. The Balaban J connectivity index is 2.11. The smallest absolute Gasteiger partial charge is 0.308 e. The molecular weight excluding hydrogens is 218 g/mol. The first-order valence-electron chi connectivity index (χ1n) is 5.67. The van der Waals surface area contributed by atoms with E-state index >= 15 is 0 Å². The van der Waals surface area contributed by atoms with Crippen LogP contribution in [0.1, 0.15) is 23.2 Å². The predicted octanol–water partition coefficient (Wildman–Crippen LogP) is 1.31. The minimum absolute atomic E-state index is 0.00444. The molecule has 1 fully saturated rings. The van der Waals surface area contributed by atoms with Gasteiger partial charge in [-0.25, -0.2) is 0 Å². The van der Waals surface area contributed by atoms with E-state index in [0.29, 0.717) is 18.4 Å². The molecule has 0 heterocycles. The molecule has 0 spiro atoms. The molecule has 0 amide bonds. The molecule has 3 atom stereocenters. The fourth-order valence-electron chi connectivity index (χ4n) is 2.41. The van der Waals surface area contributed by atoms with Crippen molar-refractivity contribution in [2.24, 2.45) is 17.6 Å². The Morgan fingerprint density at radius 2 is 1.82 bits per heavy atom. The average Bonchev–Trinajstić information content (AvgIpc) is 2.71. The van der Waals surface area contributed by atoms with Crippen LogP contribution in [-0.4, -0.2) is 22.9 Å². The fraction of sp³-hybridized carbons (Fsp3) is 0.385. The van der Waals surface area contributed by atoms with Gasteiger partial charge in [-0.2, -0.15) is 0 Å². The van der Waals surface area contributed by atoms with E-state index in [-0.39, 0.29) is 11.7 Å². The van der Waals surface area contributed by atoms with E-state index in [1.54, 1.807) is 24.3 Å². The van der Waals surface area contributed by atoms with E-state index in [1.807, 2.05) is 6.07 Å². The zero-order chi connectivity index (χ0) is 12.4. The average molecular weight is 233 g/mol. The van der Waals surface area contributed by atoms with Crippen molar-refractivity contribution < 1.29 is 14.7 Å². The molecule has 0 aliphatic heterocycles. The highest BCUT2D eigenvalue weighted by Crippen LogP contribution is 2.32. The number of carbonyl (C=O) groups is 2. The molecule has 0 radical (unpaired) electrons. The van der Waals surface area contributed by atoms with Gasteiger partial charge in [-0.05, 0) is 12.8 Å². The lowest BCUT2D eigenvalue weighted by Crippen LogP contribution is -2.30. The lowest BCUT2D eigenvalue weighted by atomic mass is 9.95. The van der Waals surface area contributed by atoms with Crippen molar-refractivity contribution in [2.75, 3.05) is 0 Å². The van der Waals surface area contributed by atoms with Gasteiger partial charge >= 0.3 is 5.97 Å². The summed E-state index contributed by atoms with van der Waals surface area (Å²) in [6, 6.07) is 8.54. The van der Waals surface area contributed by atoms with Crippen molar-refractivity contribution in [1.29, 1.82) is 0 Å². The summed E-state index contributed by atoms with van der Waals surface area (Å²) in [6.07, 6.45) is 0.814. The monoisotopic (exact) mass is 233 g/mol. The Morgan fingerprint density at radius 1 is 1.18 bits per heavy atom. The fourth-order valence-corrected chi connectivity index (χ4v) is 2.41. The lowest BCUT2D eigenvalue weighted by molar-refractivity contribution is -0.141. The normalized spacial score (nSPS) is 27.9. The number of Topliss-reactive ketones (excluding diaryl/α,β-unsaturated/α-hetero) is 1. The zero-order valence-corrected chi connectivity index (χ0v) is 9.37. The van der Waals surface area contributed by atoms with Gasteiger partial charge < -0.3 is 10.8 Å². The molecule has 4 heteroatoms. The van der Waals surface area contributed by atoms with Crippen LogP contribution in [0.2, 0.25) is 0 Å². The number of aliphatic carboxylic acids is 1. The molecule has 17 heavy (non-hydrogen) atoms. The van der Waals surface area contributed by atoms with Crippen LogP contribution < -0.4 is 5.73 Å². The first kappa shape index (κ1) is 11.8. The van der Waals surface area contributed by atoms with Crippen LogP contribution in [0.3, 0.4) is 0 Å². The van der Waals surface area contributed by atoms with Gasteiger partial charge in [0.25, 0.3) is 0 Å². The minimum Gasteiger partial charge on any atom is -0.481 e. The van der Waals surface area contributed by atoms with E-state index in [2.05, 4.69) is 0 Å². The molecule has 1 saturated carbocycles. The number of ketones is 1. The molecule has 0 bridgehead atoms. The number of carboxylic acids is 1. The van der Waals surface area contributed by atoms with Gasteiger partial charge in [0, 0.05) is 17.5 Å². The molecule has 1 aliphatic rings. The molecule has 3 N–H and O–H groups in total. The van der Waals surface area contributed by atoms with Crippen molar-refractivity contribution in [3.05, 3.63) is 35.9 Å². The van der Waals surface area contributed by atoms with Crippen LogP contribution in [0.25, 0.3) is 0 Å². The first-order valence-corrected chi connectivity index (χ1v) is 5.67. The van der Waals surface area contributed by atoms with Crippen LogP contribution in [0.4, 0.5) is 0 Å². The first-order chi connectivity index (χ1) is 8.09. The molecule has 1 aromatic rings. The van der Waals surface area contributed by atoms with Crippen molar-refractivity contribution >= 4 is 11.8 Å². The maximum atomic E-state index is 12.1. The number of hydrogen-bond donors (Lipinski definition) is 2. The highest BCUT2D eigenvalue weighted by atomic mass is 16.4.